The standard InChI is InChI=1S/C41H24FNS/c42-26-18-20-27(21-19-26)43-36-22-17-25-9-1-2-10-28(25)40(36)31-23-39-35(24-37(31)43)41(34-15-7-8-16-38(34)44-39)32-13-5-3-11-29(32)30-12-4-6-14-33(30)41/h1-24H. The van der Waals surface area contributed by atoms with Crippen molar-refractivity contribution in [1.82, 2.24) is 4.57 Å². The molecule has 1 spiro atoms. The second-order valence-corrected chi connectivity index (χ2v) is 12.9. The van der Waals surface area contributed by atoms with Crippen LogP contribution >= 0.6 is 11.8 Å². The largest absolute Gasteiger partial charge is 0.309 e. The van der Waals surface area contributed by atoms with Gasteiger partial charge in [-0.25, -0.2) is 4.39 Å². The summed E-state index contributed by atoms with van der Waals surface area (Å²) in [5.74, 6) is -0.233. The molecular formula is C41H24FNS. The number of nitrogens with zero attached hydrogens (tertiary/aromatic N) is 1. The summed E-state index contributed by atoms with van der Waals surface area (Å²) >= 11 is 1.87. The summed E-state index contributed by atoms with van der Waals surface area (Å²) in [4.78, 5) is 2.56. The van der Waals surface area contributed by atoms with Crippen molar-refractivity contribution in [2.75, 3.05) is 0 Å². The van der Waals surface area contributed by atoms with Gasteiger partial charge in [0.25, 0.3) is 0 Å². The van der Waals surface area contributed by atoms with Crippen LogP contribution < -0.4 is 0 Å². The van der Waals surface area contributed by atoms with Gasteiger partial charge >= 0.3 is 0 Å². The number of halogens is 1. The zero-order valence-electron chi connectivity index (χ0n) is 23.6. The zero-order valence-corrected chi connectivity index (χ0v) is 24.4. The van der Waals surface area contributed by atoms with Crippen LogP contribution in [0.25, 0.3) is 49.4 Å². The lowest BCUT2D eigenvalue weighted by atomic mass is 9.67. The van der Waals surface area contributed by atoms with E-state index >= 15 is 0 Å². The van der Waals surface area contributed by atoms with Crippen LogP contribution in [-0.2, 0) is 5.41 Å². The van der Waals surface area contributed by atoms with Crippen molar-refractivity contribution in [2.24, 2.45) is 0 Å². The average molecular weight is 582 g/mol. The Kier molecular flexibility index (Phi) is 4.82. The van der Waals surface area contributed by atoms with Crippen LogP contribution in [0.1, 0.15) is 22.3 Å². The SMILES string of the molecule is Fc1ccc(-n2c3cc4c(cc3c3c5ccccc5ccc32)Sc2ccccc2C42c3ccccc3-c3ccccc32)cc1. The minimum absolute atomic E-state index is 0.233. The van der Waals surface area contributed by atoms with Crippen LogP contribution in [-0.4, -0.2) is 4.57 Å². The molecular weight excluding hydrogens is 558 g/mol. The van der Waals surface area contributed by atoms with Gasteiger partial charge < -0.3 is 4.57 Å². The smallest absolute Gasteiger partial charge is 0.123 e. The summed E-state index contributed by atoms with van der Waals surface area (Å²) in [7, 11) is 0. The fourth-order valence-electron chi connectivity index (χ4n) is 8.00. The molecule has 1 aromatic heterocycles. The van der Waals surface area contributed by atoms with Crippen LogP contribution in [0.2, 0.25) is 0 Å². The third kappa shape index (κ3) is 3.00. The van der Waals surface area contributed by atoms with Gasteiger partial charge in [-0.2, -0.15) is 0 Å². The predicted molar refractivity (Wildman–Crippen MR) is 180 cm³/mol. The quantitative estimate of drug-likeness (QED) is 0.187. The highest BCUT2D eigenvalue weighted by molar-refractivity contribution is 7.99. The van der Waals surface area contributed by atoms with Gasteiger partial charge in [0.2, 0.25) is 0 Å². The first kappa shape index (κ1) is 24.3. The van der Waals surface area contributed by atoms with Crippen LogP contribution in [0.15, 0.2) is 155 Å². The number of hydrogen-bond acceptors (Lipinski definition) is 1. The number of fused-ring (bicyclic) bond motifs is 14. The van der Waals surface area contributed by atoms with E-state index in [9.17, 15) is 4.39 Å². The first-order valence-electron chi connectivity index (χ1n) is 15.0. The van der Waals surface area contributed by atoms with E-state index in [0.29, 0.717) is 0 Å². The second-order valence-electron chi connectivity index (χ2n) is 11.8. The highest BCUT2D eigenvalue weighted by atomic mass is 32.2. The van der Waals surface area contributed by atoms with Crippen molar-refractivity contribution in [3.05, 3.63) is 174 Å². The van der Waals surface area contributed by atoms with Crippen molar-refractivity contribution in [1.29, 1.82) is 0 Å². The maximum Gasteiger partial charge on any atom is 0.123 e. The number of benzene rings is 7. The van der Waals surface area contributed by atoms with E-state index in [0.717, 1.165) is 16.7 Å². The first-order valence-corrected chi connectivity index (χ1v) is 15.8. The van der Waals surface area contributed by atoms with E-state index in [1.165, 1.54) is 64.7 Å². The average Bonchev–Trinajstić information content (AvgIpc) is 3.55. The molecule has 0 radical (unpaired) electrons. The maximum absolute atomic E-state index is 14.2. The molecule has 206 valence electrons. The van der Waals surface area contributed by atoms with Gasteiger partial charge in [0.05, 0.1) is 16.4 Å². The minimum Gasteiger partial charge on any atom is -0.309 e. The van der Waals surface area contributed by atoms with E-state index in [4.69, 9.17) is 0 Å². The lowest BCUT2D eigenvalue weighted by Crippen LogP contribution is -2.32. The Morgan fingerprint density at radius 1 is 0.500 bits per heavy atom. The van der Waals surface area contributed by atoms with Crippen molar-refractivity contribution in [3.63, 3.8) is 0 Å². The number of hydrogen-bond donors (Lipinski definition) is 0. The Morgan fingerprint density at radius 3 is 1.93 bits per heavy atom. The molecule has 1 aliphatic heterocycles. The van der Waals surface area contributed by atoms with Gasteiger partial charge in [0.1, 0.15) is 5.82 Å². The zero-order chi connectivity index (χ0) is 29.0. The molecule has 0 saturated carbocycles. The molecule has 2 aliphatic rings. The normalized spacial score (nSPS) is 14.1. The molecule has 3 heteroatoms. The van der Waals surface area contributed by atoms with Gasteiger partial charge in [-0.1, -0.05) is 109 Å². The molecule has 0 amide bonds. The first-order chi connectivity index (χ1) is 21.7. The minimum atomic E-state index is -0.454. The van der Waals surface area contributed by atoms with Crippen LogP contribution in [0.5, 0.6) is 0 Å². The molecule has 44 heavy (non-hydrogen) atoms. The Labute approximate surface area is 258 Å². The molecule has 0 fully saturated rings. The van der Waals surface area contributed by atoms with Gasteiger partial charge in [-0.3, -0.25) is 0 Å². The second kappa shape index (κ2) is 8.72. The lowest BCUT2D eigenvalue weighted by Gasteiger charge is -2.39. The molecule has 1 nitrogen and oxygen atoms in total. The van der Waals surface area contributed by atoms with Crippen molar-refractivity contribution >= 4 is 44.3 Å². The molecule has 0 N–H and O–H groups in total. The Bertz CT molecular complexity index is 2440. The van der Waals surface area contributed by atoms with Crippen molar-refractivity contribution < 1.29 is 4.39 Å². The van der Waals surface area contributed by atoms with Crippen molar-refractivity contribution in [2.45, 2.75) is 15.2 Å². The Balaban J connectivity index is 1.42. The number of rotatable bonds is 1. The van der Waals surface area contributed by atoms with E-state index in [2.05, 4.69) is 126 Å². The van der Waals surface area contributed by atoms with Crippen LogP contribution in [0.3, 0.4) is 0 Å². The highest BCUT2D eigenvalue weighted by Crippen LogP contribution is 2.62. The Morgan fingerprint density at radius 2 is 1.16 bits per heavy atom. The highest BCUT2D eigenvalue weighted by Gasteiger charge is 2.50. The summed E-state index contributed by atoms with van der Waals surface area (Å²) in [6, 6.07) is 51.6. The van der Waals surface area contributed by atoms with Gasteiger partial charge in [-0.15, -0.1) is 0 Å². The monoisotopic (exact) mass is 581 g/mol. The van der Waals surface area contributed by atoms with Crippen molar-refractivity contribution in [3.8, 4) is 16.8 Å². The molecule has 0 bridgehead atoms. The Hall–Kier alpha value is -5.12. The van der Waals surface area contributed by atoms with E-state index in [1.807, 2.05) is 23.9 Å². The molecule has 1 aliphatic carbocycles. The summed E-state index contributed by atoms with van der Waals surface area (Å²) in [6.45, 7) is 0. The lowest BCUT2D eigenvalue weighted by molar-refractivity contribution is 0.627. The molecule has 0 saturated heterocycles. The number of aromatic nitrogens is 1. The van der Waals surface area contributed by atoms with Gasteiger partial charge in [0.15, 0.2) is 0 Å². The molecule has 0 atom stereocenters. The molecule has 7 aromatic carbocycles. The summed E-state index contributed by atoms with van der Waals surface area (Å²) in [5, 5.41) is 4.87. The van der Waals surface area contributed by atoms with Crippen LogP contribution in [0, 0.1) is 5.82 Å². The third-order valence-corrected chi connectivity index (χ3v) is 10.8. The molecule has 10 rings (SSSR count). The van der Waals surface area contributed by atoms with Gasteiger partial charge in [-0.05, 0) is 92.7 Å². The van der Waals surface area contributed by atoms with Gasteiger partial charge in [0, 0.05) is 26.3 Å². The van der Waals surface area contributed by atoms with Crippen LogP contribution in [0.4, 0.5) is 4.39 Å². The third-order valence-electron chi connectivity index (χ3n) is 9.71. The fraction of sp³-hybridized carbons (Fsp3) is 0.0244. The fourth-order valence-corrected chi connectivity index (χ4v) is 9.22. The topological polar surface area (TPSA) is 4.93 Å². The maximum atomic E-state index is 14.2. The van der Waals surface area contributed by atoms with E-state index in [1.54, 1.807) is 12.1 Å². The predicted octanol–water partition coefficient (Wildman–Crippen LogP) is 10.9. The van der Waals surface area contributed by atoms with E-state index < -0.39 is 5.41 Å². The summed E-state index contributed by atoms with van der Waals surface area (Å²) in [5.41, 5.74) is 10.6. The summed E-state index contributed by atoms with van der Waals surface area (Å²) in [6.07, 6.45) is 0. The molecule has 8 aromatic rings. The van der Waals surface area contributed by atoms with E-state index in [-0.39, 0.29) is 5.82 Å². The molecule has 0 unspecified atom stereocenters. The summed E-state index contributed by atoms with van der Waals surface area (Å²) < 4.78 is 16.5. The molecule has 2 heterocycles.